The van der Waals surface area contributed by atoms with Gasteiger partial charge in [-0.25, -0.2) is 13.1 Å². The summed E-state index contributed by atoms with van der Waals surface area (Å²) in [6.07, 6.45) is 0. The van der Waals surface area contributed by atoms with Crippen LogP contribution in [-0.2, 0) is 10.0 Å². The third-order valence-electron chi connectivity index (χ3n) is 3.36. The minimum Gasteiger partial charge on any atom is -0.207 e. The zero-order chi connectivity index (χ0) is 15.6. The molecule has 0 saturated heterocycles. The Bertz CT molecular complexity index is 739. The van der Waals surface area contributed by atoms with Gasteiger partial charge < -0.3 is 0 Å². The lowest BCUT2D eigenvalue weighted by Gasteiger charge is -2.17. The maximum absolute atomic E-state index is 12.4. The van der Waals surface area contributed by atoms with Crippen LogP contribution in [0.25, 0.3) is 0 Å². The van der Waals surface area contributed by atoms with Gasteiger partial charge in [-0.3, -0.25) is 0 Å². The first kappa shape index (κ1) is 16.0. The number of aryl methyl sites for hydroxylation is 2. The van der Waals surface area contributed by atoms with Crippen molar-refractivity contribution >= 4 is 21.6 Å². The molecule has 21 heavy (non-hydrogen) atoms. The molecule has 0 bridgehead atoms. The summed E-state index contributed by atoms with van der Waals surface area (Å²) in [5.74, 6) is 0. The van der Waals surface area contributed by atoms with Gasteiger partial charge in [0.15, 0.2) is 0 Å². The largest absolute Gasteiger partial charge is 0.241 e. The van der Waals surface area contributed by atoms with E-state index in [0.717, 1.165) is 16.7 Å². The minimum atomic E-state index is -3.56. The molecule has 0 spiro atoms. The number of nitrogens with one attached hydrogen (secondary N) is 1. The molecule has 0 amide bonds. The zero-order valence-corrected chi connectivity index (χ0v) is 13.8. The lowest BCUT2D eigenvalue weighted by atomic mass is 10.0. The van der Waals surface area contributed by atoms with Crippen LogP contribution in [0.15, 0.2) is 47.4 Å². The summed E-state index contributed by atoms with van der Waals surface area (Å²) in [5.41, 5.74) is 3.15. The average molecular weight is 324 g/mol. The van der Waals surface area contributed by atoms with Gasteiger partial charge >= 0.3 is 0 Å². The summed E-state index contributed by atoms with van der Waals surface area (Å²) in [4.78, 5) is 0.212. The number of halogens is 1. The van der Waals surface area contributed by atoms with Crippen molar-refractivity contribution in [2.75, 3.05) is 0 Å². The summed E-state index contributed by atoms with van der Waals surface area (Å²) in [7, 11) is -3.56. The predicted molar refractivity (Wildman–Crippen MR) is 86.1 cm³/mol. The summed E-state index contributed by atoms with van der Waals surface area (Å²) >= 11 is 5.79. The van der Waals surface area contributed by atoms with E-state index in [1.807, 2.05) is 39.0 Å². The van der Waals surface area contributed by atoms with E-state index in [1.165, 1.54) is 12.1 Å². The summed E-state index contributed by atoms with van der Waals surface area (Å²) in [6.45, 7) is 5.81. The maximum Gasteiger partial charge on any atom is 0.241 e. The number of rotatable bonds is 4. The first-order valence-corrected chi connectivity index (χ1v) is 8.51. The van der Waals surface area contributed by atoms with Crippen LogP contribution in [0.4, 0.5) is 0 Å². The van der Waals surface area contributed by atoms with Crippen molar-refractivity contribution < 1.29 is 8.42 Å². The first-order valence-electron chi connectivity index (χ1n) is 6.64. The maximum atomic E-state index is 12.4. The molecule has 0 aliphatic rings. The van der Waals surface area contributed by atoms with E-state index in [1.54, 1.807) is 12.1 Å². The van der Waals surface area contributed by atoms with Crippen LogP contribution in [0.2, 0.25) is 5.02 Å². The van der Waals surface area contributed by atoms with Gasteiger partial charge in [0.1, 0.15) is 0 Å². The highest BCUT2D eigenvalue weighted by Gasteiger charge is 2.19. The second-order valence-electron chi connectivity index (χ2n) is 5.16. The fourth-order valence-electron chi connectivity index (χ4n) is 2.20. The van der Waals surface area contributed by atoms with E-state index in [4.69, 9.17) is 11.6 Å². The van der Waals surface area contributed by atoms with Crippen LogP contribution in [0.5, 0.6) is 0 Å². The molecular formula is C16H18ClNO2S. The standard InChI is InChI=1S/C16H18ClNO2S/c1-11-4-5-12(2)16(10-11)13(3)18-21(19,20)15-8-6-14(17)7-9-15/h4-10,13,18H,1-3H3/t13-/m0/s1. The van der Waals surface area contributed by atoms with E-state index in [0.29, 0.717) is 5.02 Å². The molecule has 1 atom stereocenters. The van der Waals surface area contributed by atoms with Crippen molar-refractivity contribution in [3.05, 3.63) is 64.2 Å². The highest BCUT2D eigenvalue weighted by Crippen LogP contribution is 2.22. The molecule has 0 fully saturated rings. The SMILES string of the molecule is Cc1ccc(C)c([C@H](C)NS(=O)(=O)c2ccc(Cl)cc2)c1. The molecule has 0 saturated carbocycles. The Balaban J connectivity index is 2.27. The second kappa shape index (κ2) is 6.18. The molecule has 1 N–H and O–H groups in total. The van der Waals surface area contributed by atoms with E-state index < -0.39 is 10.0 Å². The number of hydrogen-bond acceptors (Lipinski definition) is 2. The Morgan fingerprint density at radius 3 is 2.29 bits per heavy atom. The van der Waals surface area contributed by atoms with Gasteiger partial charge in [0, 0.05) is 11.1 Å². The molecule has 2 aromatic rings. The smallest absolute Gasteiger partial charge is 0.207 e. The van der Waals surface area contributed by atoms with Gasteiger partial charge in [-0.1, -0.05) is 35.4 Å². The fourth-order valence-corrected chi connectivity index (χ4v) is 3.55. The third kappa shape index (κ3) is 3.84. The van der Waals surface area contributed by atoms with Gasteiger partial charge in [-0.05, 0) is 56.2 Å². The van der Waals surface area contributed by atoms with Crippen molar-refractivity contribution in [3.8, 4) is 0 Å². The Morgan fingerprint density at radius 1 is 1.05 bits per heavy atom. The Hall–Kier alpha value is -1.36. The van der Waals surface area contributed by atoms with Crippen molar-refractivity contribution in [3.63, 3.8) is 0 Å². The summed E-state index contributed by atoms with van der Waals surface area (Å²) in [5, 5.41) is 0.511. The van der Waals surface area contributed by atoms with E-state index >= 15 is 0 Å². The number of sulfonamides is 1. The monoisotopic (exact) mass is 323 g/mol. The molecule has 3 nitrogen and oxygen atoms in total. The molecular weight excluding hydrogens is 306 g/mol. The lowest BCUT2D eigenvalue weighted by Crippen LogP contribution is -2.27. The summed E-state index contributed by atoms with van der Waals surface area (Å²) in [6, 6.07) is 11.9. The van der Waals surface area contributed by atoms with Crippen molar-refractivity contribution in [1.82, 2.24) is 4.72 Å². The van der Waals surface area contributed by atoms with Gasteiger partial charge in [0.05, 0.1) is 4.90 Å². The molecule has 0 aromatic heterocycles. The zero-order valence-electron chi connectivity index (χ0n) is 12.2. The highest BCUT2D eigenvalue weighted by atomic mass is 35.5. The van der Waals surface area contributed by atoms with E-state index in [2.05, 4.69) is 4.72 Å². The van der Waals surface area contributed by atoms with Gasteiger partial charge in [-0.15, -0.1) is 0 Å². The number of hydrogen-bond donors (Lipinski definition) is 1. The van der Waals surface area contributed by atoms with Crippen LogP contribution < -0.4 is 4.72 Å². The number of benzene rings is 2. The minimum absolute atomic E-state index is 0.212. The fraction of sp³-hybridized carbons (Fsp3) is 0.250. The van der Waals surface area contributed by atoms with Crippen molar-refractivity contribution in [1.29, 1.82) is 0 Å². The summed E-state index contributed by atoms with van der Waals surface area (Å²) < 4.78 is 27.4. The highest BCUT2D eigenvalue weighted by molar-refractivity contribution is 7.89. The van der Waals surface area contributed by atoms with E-state index in [-0.39, 0.29) is 10.9 Å². The van der Waals surface area contributed by atoms with Crippen LogP contribution in [0.3, 0.4) is 0 Å². The Morgan fingerprint density at radius 2 is 1.67 bits per heavy atom. The average Bonchev–Trinajstić information content (AvgIpc) is 2.41. The Labute approximate surface area is 131 Å². The third-order valence-corrected chi connectivity index (χ3v) is 5.17. The molecule has 0 aliphatic heterocycles. The van der Waals surface area contributed by atoms with E-state index in [9.17, 15) is 8.42 Å². The van der Waals surface area contributed by atoms with Crippen molar-refractivity contribution in [2.24, 2.45) is 0 Å². The lowest BCUT2D eigenvalue weighted by molar-refractivity contribution is 0.566. The molecule has 2 aromatic carbocycles. The Kier molecular flexibility index (Phi) is 4.71. The molecule has 112 valence electrons. The normalized spacial score (nSPS) is 13.1. The predicted octanol–water partition coefficient (Wildman–Crippen LogP) is 4.00. The quantitative estimate of drug-likeness (QED) is 0.924. The van der Waals surface area contributed by atoms with Crippen LogP contribution in [0, 0.1) is 13.8 Å². The van der Waals surface area contributed by atoms with Gasteiger partial charge in [0.2, 0.25) is 10.0 Å². The van der Waals surface area contributed by atoms with Crippen molar-refractivity contribution in [2.45, 2.75) is 31.7 Å². The first-order chi connectivity index (χ1) is 9.79. The van der Waals surface area contributed by atoms with Crippen LogP contribution >= 0.6 is 11.6 Å². The van der Waals surface area contributed by atoms with Crippen LogP contribution in [0.1, 0.15) is 29.7 Å². The second-order valence-corrected chi connectivity index (χ2v) is 7.31. The molecule has 2 rings (SSSR count). The van der Waals surface area contributed by atoms with Crippen LogP contribution in [-0.4, -0.2) is 8.42 Å². The molecule has 0 unspecified atom stereocenters. The molecule has 0 radical (unpaired) electrons. The molecule has 5 heteroatoms. The van der Waals surface area contributed by atoms with Gasteiger partial charge in [0.25, 0.3) is 0 Å². The topological polar surface area (TPSA) is 46.2 Å². The van der Waals surface area contributed by atoms with Gasteiger partial charge in [-0.2, -0.15) is 0 Å². The molecule has 0 aliphatic carbocycles. The molecule has 0 heterocycles.